The van der Waals surface area contributed by atoms with E-state index in [1.165, 1.54) is 12.4 Å². The number of carbonyl (C=O) groups is 1. The normalized spacial score (nSPS) is 7.82. The standard InChI is InChI=1S/C6H6N2O.C2H6/c7-6(9)5-1-3-8-4-2-5;1-2/h1-4H,(H2,7,9);1-2H3. The van der Waals surface area contributed by atoms with Crippen LogP contribution in [0.4, 0.5) is 0 Å². The molecule has 3 nitrogen and oxygen atoms in total. The molecule has 0 atom stereocenters. The van der Waals surface area contributed by atoms with Gasteiger partial charge in [-0.1, -0.05) is 13.8 Å². The maximum atomic E-state index is 10.4. The lowest BCUT2D eigenvalue weighted by molar-refractivity contribution is 0.1000. The Morgan fingerprint density at radius 1 is 1.36 bits per heavy atom. The van der Waals surface area contributed by atoms with Gasteiger partial charge in [-0.25, -0.2) is 0 Å². The number of aromatic nitrogens is 1. The number of rotatable bonds is 1. The van der Waals surface area contributed by atoms with Crippen LogP contribution in [0.15, 0.2) is 24.5 Å². The molecule has 0 saturated carbocycles. The molecule has 1 aromatic heterocycles. The lowest BCUT2D eigenvalue weighted by Crippen LogP contribution is -2.10. The van der Waals surface area contributed by atoms with Crippen molar-refractivity contribution < 1.29 is 4.79 Å². The van der Waals surface area contributed by atoms with Crippen molar-refractivity contribution in [1.29, 1.82) is 0 Å². The summed E-state index contributed by atoms with van der Waals surface area (Å²) >= 11 is 0. The van der Waals surface area contributed by atoms with Crippen LogP contribution in [0.5, 0.6) is 0 Å². The molecule has 11 heavy (non-hydrogen) atoms. The molecule has 60 valence electrons. The second kappa shape index (κ2) is 5.41. The molecule has 0 spiro atoms. The van der Waals surface area contributed by atoms with Crippen molar-refractivity contribution in [2.75, 3.05) is 0 Å². The minimum Gasteiger partial charge on any atom is -0.366 e. The first-order chi connectivity index (χ1) is 5.30. The SMILES string of the molecule is CC.NC(=O)c1ccncc1. The summed E-state index contributed by atoms with van der Waals surface area (Å²) in [6.07, 6.45) is 3.06. The van der Waals surface area contributed by atoms with E-state index in [4.69, 9.17) is 5.73 Å². The van der Waals surface area contributed by atoms with Gasteiger partial charge >= 0.3 is 0 Å². The molecule has 1 aromatic rings. The van der Waals surface area contributed by atoms with Crippen LogP contribution in [-0.4, -0.2) is 10.9 Å². The number of amides is 1. The van der Waals surface area contributed by atoms with Crippen LogP contribution in [0.1, 0.15) is 24.2 Å². The zero-order chi connectivity index (χ0) is 8.69. The molecule has 0 bridgehead atoms. The lowest BCUT2D eigenvalue weighted by Gasteiger charge is -1.88. The maximum Gasteiger partial charge on any atom is 0.248 e. The summed E-state index contributed by atoms with van der Waals surface area (Å²) in [6.45, 7) is 4.00. The van der Waals surface area contributed by atoms with Crippen LogP contribution < -0.4 is 5.73 Å². The summed E-state index contributed by atoms with van der Waals surface area (Å²) in [5.41, 5.74) is 5.44. The number of primary amides is 1. The quantitative estimate of drug-likeness (QED) is 0.657. The van der Waals surface area contributed by atoms with E-state index >= 15 is 0 Å². The first kappa shape index (κ1) is 9.62. The Balaban J connectivity index is 0.000000461. The fourth-order valence-electron chi connectivity index (χ4n) is 0.516. The molecule has 0 aliphatic heterocycles. The molecule has 3 heteroatoms. The number of hydrogen-bond acceptors (Lipinski definition) is 2. The average molecular weight is 152 g/mol. The van der Waals surface area contributed by atoms with E-state index in [1.54, 1.807) is 12.1 Å². The maximum absolute atomic E-state index is 10.4. The van der Waals surface area contributed by atoms with Crippen LogP contribution in [0.2, 0.25) is 0 Å². The van der Waals surface area contributed by atoms with Crippen LogP contribution in [0, 0.1) is 0 Å². The van der Waals surface area contributed by atoms with Crippen LogP contribution in [-0.2, 0) is 0 Å². The van der Waals surface area contributed by atoms with Gasteiger partial charge in [0.25, 0.3) is 0 Å². The zero-order valence-corrected chi connectivity index (χ0v) is 6.74. The third kappa shape index (κ3) is 3.35. The number of nitrogens with zero attached hydrogens (tertiary/aromatic N) is 1. The van der Waals surface area contributed by atoms with Crippen LogP contribution in [0.25, 0.3) is 0 Å². The van der Waals surface area contributed by atoms with Crippen molar-refractivity contribution in [3.63, 3.8) is 0 Å². The Morgan fingerprint density at radius 3 is 2.09 bits per heavy atom. The summed E-state index contributed by atoms with van der Waals surface area (Å²) in [5, 5.41) is 0. The molecular weight excluding hydrogens is 140 g/mol. The van der Waals surface area contributed by atoms with Gasteiger partial charge in [-0.2, -0.15) is 0 Å². The first-order valence-electron chi connectivity index (χ1n) is 3.50. The molecule has 1 amide bonds. The number of carbonyl (C=O) groups excluding carboxylic acids is 1. The minimum absolute atomic E-state index is 0.419. The van der Waals surface area contributed by atoms with Crippen molar-refractivity contribution >= 4 is 5.91 Å². The predicted molar refractivity (Wildman–Crippen MR) is 44.1 cm³/mol. The van der Waals surface area contributed by atoms with E-state index in [0.29, 0.717) is 5.56 Å². The van der Waals surface area contributed by atoms with E-state index < -0.39 is 5.91 Å². The molecule has 0 aliphatic rings. The summed E-state index contributed by atoms with van der Waals surface area (Å²) in [6, 6.07) is 3.14. The van der Waals surface area contributed by atoms with Crippen LogP contribution >= 0.6 is 0 Å². The highest BCUT2D eigenvalue weighted by atomic mass is 16.1. The average Bonchev–Trinajstić information content (AvgIpc) is 2.10. The van der Waals surface area contributed by atoms with Gasteiger partial charge in [0, 0.05) is 18.0 Å². The monoisotopic (exact) mass is 152 g/mol. The molecular formula is C8H12N2O. The van der Waals surface area contributed by atoms with E-state index in [9.17, 15) is 4.79 Å². The van der Waals surface area contributed by atoms with E-state index in [2.05, 4.69) is 4.98 Å². The molecule has 0 saturated heterocycles. The molecule has 0 fully saturated rings. The Labute approximate surface area is 66.3 Å². The van der Waals surface area contributed by atoms with Gasteiger partial charge in [-0.3, -0.25) is 9.78 Å². The fraction of sp³-hybridized carbons (Fsp3) is 0.250. The number of nitrogens with two attached hydrogens (primary N) is 1. The molecule has 0 aliphatic carbocycles. The fourth-order valence-corrected chi connectivity index (χ4v) is 0.516. The van der Waals surface area contributed by atoms with Crippen molar-refractivity contribution in [3.8, 4) is 0 Å². The van der Waals surface area contributed by atoms with E-state index in [-0.39, 0.29) is 0 Å². The highest BCUT2D eigenvalue weighted by Gasteiger charge is 1.94. The Kier molecular flexibility index (Phi) is 4.73. The Bertz CT molecular complexity index is 209. The smallest absolute Gasteiger partial charge is 0.248 e. The first-order valence-corrected chi connectivity index (χ1v) is 3.50. The van der Waals surface area contributed by atoms with Gasteiger partial charge in [0.2, 0.25) is 5.91 Å². The zero-order valence-electron chi connectivity index (χ0n) is 6.74. The molecule has 2 N–H and O–H groups in total. The van der Waals surface area contributed by atoms with Gasteiger partial charge in [0.15, 0.2) is 0 Å². The second-order valence-corrected chi connectivity index (χ2v) is 1.60. The third-order valence-electron chi connectivity index (χ3n) is 0.965. The van der Waals surface area contributed by atoms with Gasteiger partial charge in [0.05, 0.1) is 0 Å². The van der Waals surface area contributed by atoms with Gasteiger partial charge in [-0.05, 0) is 12.1 Å². The van der Waals surface area contributed by atoms with Crippen molar-refractivity contribution in [1.82, 2.24) is 4.98 Å². The molecule has 1 heterocycles. The largest absolute Gasteiger partial charge is 0.366 e. The summed E-state index contributed by atoms with van der Waals surface area (Å²) in [4.78, 5) is 14.1. The second-order valence-electron chi connectivity index (χ2n) is 1.60. The highest BCUT2D eigenvalue weighted by Crippen LogP contribution is 1.91. The van der Waals surface area contributed by atoms with Gasteiger partial charge in [-0.15, -0.1) is 0 Å². The number of hydrogen-bond donors (Lipinski definition) is 1. The predicted octanol–water partition coefficient (Wildman–Crippen LogP) is 1.21. The molecule has 1 rings (SSSR count). The summed E-state index contributed by atoms with van der Waals surface area (Å²) in [5.74, 6) is -0.419. The summed E-state index contributed by atoms with van der Waals surface area (Å²) in [7, 11) is 0. The molecule has 0 radical (unpaired) electrons. The lowest BCUT2D eigenvalue weighted by atomic mass is 10.3. The highest BCUT2D eigenvalue weighted by molar-refractivity contribution is 5.92. The van der Waals surface area contributed by atoms with Gasteiger partial charge < -0.3 is 5.73 Å². The van der Waals surface area contributed by atoms with E-state index in [0.717, 1.165) is 0 Å². The summed E-state index contributed by atoms with van der Waals surface area (Å²) < 4.78 is 0. The molecule has 0 aromatic carbocycles. The Hall–Kier alpha value is -1.38. The van der Waals surface area contributed by atoms with Crippen molar-refractivity contribution in [2.45, 2.75) is 13.8 Å². The van der Waals surface area contributed by atoms with Crippen molar-refractivity contribution in [3.05, 3.63) is 30.1 Å². The Morgan fingerprint density at radius 2 is 1.82 bits per heavy atom. The third-order valence-corrected chi connectivity index (χ3v) is 0.965. The van der Waals surface area contributed by atoms with Crippen molar-refractivity contribution in [2.24, 2.45) is 5.73 Å². The molecule has 0 unspecified atom stereocenters. The topological polar surface area (TPSA) is 56.0 Å². The van der Waals surface area contributed by atoms with Crippen LogP contribution in [0.3, 0.4) is 0 Å². The number of pyridine rings is 1. The minimum atomic E-state index is -0.419. The van der Waals surface area contributed by atoms with E-state index in [1.807, 2.05) is 13.8 Å². The van der Waals surface area contributed by atoms with Gasteiger partial charge in [0.1, 0.15) is 0 Å².